The number of hydrogen-bond donors (Lipinski definition) is 1. The maximum Gasteiger partial charge on any atom is 0.211 e. The van der Waals surface area contributed by atoms with Gasteiger partial charge in [0.25, 0.3) is 0 Å². The number of hydrogen-bond acceptors (Lipinski definition) is 2. The number of unbranched alkanes of at least 4 members (excludes halogenated alkanes) is 3. The first kappa shape index (κ1) is 12.9. The zero-order valence-corrected chi connectivity index (χ0v) is 9.49. The van der Waals surface area contributed by atoms with E-state index in [9.17, 15) is 8.42 Å². The van der Waals surface area contributed by atoms with E-state index < -0.39 is 10.0 Å². The zero-order valence-electron chi connectivity index (χ0n) is 8.67. The minimum absolute atomic E-state index is 0.273. The molecule has 0 aliphatic rings. The lowest BCUT2D eigenvalue weighted by Crippen LogP contribution is -2.27. The lowest BCUT2D eigenvalue weighted by atomic mass is 10.3. The standard InChI is InChI=1S/C9H21NO2S/c1-3-5-7-8-10-13(11,12)9-6-4-2/h10H,3-9H2,1-2H3. The van der Waals surface area contributed by atoms with Gasteiger partial charge < -0.3 is 0 Å². The van der Waals surface area contributed by atoms with Crippen LogP contribution in [-0.2, 0) is 10.0 Å². The van der Waals surface area contributed by atoms with Gasteiger partial charge in [-0.3, -0.25) is 0 Å². The van der Waals surface area contributed by atoms with Gasteiger partial charge in [-0.1, -0.05) is 33.1 Å². The molecule has 0 aromatic carbocycles. The van der Waals surface area contributed by atoms with Crippen LogP contribution in [0.25, 0.3) is 0 Å². The molecule has 0 aromatic rings. The van der Waals surface area contributed by atoms with Crippen LogP contribution in [0.2, 0.25) is 0 Å². The molecule has 13 heavy (non-hydrogen) atoms. The van der Waals surface area contributed by atoms with Crippen molar-refractivity contribution in [3.05, 3.63) is 0 Å². The van der Waals surface area contributed by atoms with Crippen LogP contribution in [0, 0.1) is 0 Å². The third-order valence-electron chi connectivity index (χ3n) is 1.87. The molecule has 0 bridgehead atoms. The van der Waals surface area contributed by atoms with Crippen molar-refractivity contribution in [3.63, 3.8) is 0 Å². The molecule has 0 radical (unpaired) electrons. The van der Waals surface area contributed by atoms with Gasteiger partial charge in [0.2, 0.25) is 10.0 Å². The molecule has 3 nitrogen and oxygen atoms in total. The molecule has 0 saturated heterocycles. The Balaban J connectivity index is 3.52. The summed E-state index contributed by atoms with van der Waals surface area (Å²) in [6.45, 7) is 4.69. The maximum atomic E-state index is 11.2. The highest BCUT2D eigenvalue weighted by molar-refractivity contribution is 7.89. The summed E-state index contributed by atoms with van der Waals surface area (Å²) in [6, 6.07) is 0. The predicted octanol–water partition coefficient (Wildman–Crippen LogP) is 1.90. The van der Waals surface area contributed by atoms with Crippen LogP contribution < -0.4 is 4.72 Å². The van der Waals surface area contributed by atoms with Crippen molar-refractivity contribution in [2.75, 3.05) is 12.3 Å². The highest BCUT2D eigenvalue weighted by Crippen LogP contribution is 1.96. The molecule has 0 aliphatic heterocycles. The fraction of sp³-hybridized carbons (Fsp3) is 1.00. The van der Waals surface area contributed by atoms with E-state index in [2.05, 4.69) is 11.6 Å². The van der Waals surface area contributed by atoms with Crippen molar-refractivity contribution < 1.29 is 8.42 Å². The lowest BCUT2D eigenvalue weighted by Gasteiger charge is -2.04. The van der Waals surface area contributed by atoms with E-state index in [1.807, 2.05) is 6.92 Å². The zero-order chi connectivity index (χ0) is 10.2. The average Bonchev–Trinajstić information content (AvgIpc) is 2.09. The average molecular weight is 207 g/mol. The summed E-state index contributed by atoms with van der Waals surface area (Å²) in [7, 11) is -2.97. The first-order valence-corrected chi connectivity index (χ1v) is 6.75. The van der Waals surface area contributed by atoms with Crippen molar-refractivity contribution in [1.29, 1.82) is 0 Å². The Morgan fingerprint density at radius 3 is 2.15 bits per heavy atom. The van der Waals surface area contributed by atoms with E-state index >= 15 is 0 Å². The van der Waals surface area contributed by atoms with Crippen molar-refractivity contribution >= 4 is 10.0 Å². The monoisotopic (exact) mass is 207 g/mol. The summed E-state index contributed by atoms with van der Waals surface area (Å²) in [5.41, 5.74) is 0. The minimum Gasteiger partial charge on any atom is -0.215 e. The van der Waals surface area contributed by atoms with Gasteiger partial charge in [0.15, 0.2) is 0 Å². The van der Waals surface area contributed by atoms with E-state index in [1.54, 1.807) is 0 Å². The Labute approximate surface area is 82.0 Å². The van der Waals surface area contributed by atoms with E-state index in [1.165, 1.54) is 0 Å². The Morgan fingerprint density at radius 2 is 1.62 bits per heavy atom. The van der Waals surface area contributed by atoms with Crippen molar-refractivity contribution in [1.82, 2.24) is 4.72 Å². The molecule has 0 aromatic heterocycles. The summed E-state index contributed by atoms with van der Waals surface area (Å²) in [6.07, 6.45) is 4.84. The summed E-state index contributed by atoms with van der Waals surface area (Å²) < 4.78 is 25.1. The van der Waals surface area contributed by atoms with Crippen LogP contribution in [0.5, 0.6) is 0 Å². The van der Waals surface area contributed by atoms with E-state index in [4.69, 9.17) is 0 Å². The molecule has 0 fully saturated rings. The molecule has 0 rings (SSSR count). The maximum absolute atomic E-state index is 11.2. The smallest absolute Gasteiger partial charge is 0.211 e. The fourth-order valence-corrected chi connectivity index (χ4v) is 2.28. The number of sulfonamides is 1. The molecule has 0 unspecified atom stereocenters. The predicted molar refractivity (Wildman–Crippen MR) is 56.2 cm³/mol. The Kier molecular flexibility index (Phi) is 7.28. The van der Waals surface area contributed by atoms with Crippen molar-refractivity contribution in [3.8, 4) is 0 Å². The molecular weight excluding hydrogens is 186 g/mol. The van der Waals surface area contributed by atoms with Gasteiger partial charge in [-0.2, -0.15) is 0 Å². The highest BCUT2D eigenvalue weighted by Gasteiger charge is 2.07. The second-order valence-electron chi connectivity index (χ2n) is 3.27. The fourth-order valence-electron chi connectivity index (χ4n) is 1.01. The van der Waals surface area contributed by atoms with Crippen molar-refractivity contribution in [2.24, 2.45) is 0 Å². The molecule has 80 valence electrons. The van der Waals surface area contributed by atoms with Crippen molar-refractivity contribution in [2.45, 2.75) is 46.0 Å². The molecule has 0 amide bonds. The summed E-state index contributed by atoms with van der Waals surface area (Å²) in [5, 5.41) is 0. The van der Waals surface area contributed by atoms with E-state index in [-0.39, 0.29) is 5.75 Å². The normalized spacial score (nSPS) is 11.8. The molecule has 1 N–H and O–H groups in total. The SMILES string of the molecule is CCCCCNS(=O)(=O)CCCC. The quantitative estimate of drug-likeness (QED) is 0.618. The second kappa shape index (κ2) is 7.33. The molecule has 0 heterocycles. The van der Waals surface area contributed by atoms with Gasteiger partial charge in [0, 0.05) is 6.54 Å². The van der Waals surface area contributed by atoms with Crippen LogP contribution >= 0.6 is 0 Å². The number of nitrogens with one attached hydrogen (secondary N) is 1. The van der Waals surface area contributed by atoms with Crippen LogP contribution in [0.4, 0.5) is 0 Å². The molecule has 4 heteroatoms. The van der Waals surface area contributed by atoms with Crippen LogP contribution in [0.1, 0.15) is 46.0 Å². The Bertz CT molecular complexity index is 200. The van der Waals surface area contributed by atoms with Crippen LogP contribution in [0.15, 0.2) is 0 Å². The third-order valence-corrected chi connectivity index (χ3v) is 3.34. The lowest BCUT2D eigenvalue weighted by molar-refractivity contribution is 0.573. The Morgan fingerprint density at radius 1 is 1.00 bits per heavy atom. The molecular formula is C9H21NO2S. The molecule has 0 spiro atoms. The van der Waals surface area contributed by atoms with Crippen LogP contribution in [-0.4, -0.2) is 20.7 Å². The molecule has 0 saturated carbocycles. The Hall–Kier alpha value is -0.0900. The third kappa shape index (κ3) is 8.25. The second-order valence-corrected chi connectivity index (χ2v) is 5.20. The minimum atomic E-state index is -2.97. The largest absolute Gasteiger partial charge is 0.215 e. The molecule has 0 atom stereocenters. The highest BCUT2D eigenvalue weighted by atomic mass is 32.2. The van der Waals surface area contributed by atoms with Gasteiger partial charge in [-0.05, 0) is 12.8 Å². The van der Waals surface area contributed by atoms with Gasteiger partial charge >= 0.3 is 0 Å². The first-order valence-electron chi connectivity index (χ1n) is 5.09. The summed E-state index contributed by atoms with van der Waals surface area (Å²) >= 11 is 0. The first-order chi connectivity index (χ1) is 6.12. The van der Waals surface area contributed by atoms with E-state index in [0.29, 0.717) is 6.54 Å². The van der Waals surface area contributed by atoms with Crippen LogP contribution in [0.3, 0.4) is 0 Å². The topological polar surface area (TPSA) is 46.2 Å². The van der Waals surface area contributed by atoms with Gasteiger partial charge in [-0.25, -0.2) is 13.1 Å². The van der Waals surface area contributed by atoms with Gasteiger partial charge in [-0.15, -0.1) is 0 Å². The molecule has 0 aliphatic carbocycles. The summed E-state index contributed by atoms with van der Waals surface area (Å²) in [4.78, 5) is 0. The van der Waals surface area contributed by atoms with Gasteiger partial charge in [0.1, 0.15) is 0 Å². The number of rotatable bonds is 8. The van der Waals surface area contributed by atoms with Gasteiger partial charge in [0.05, 0.1) is 5.75 Å². The van der Waals surface area contributed by atoms with E-state index in [0.717, 1.165) is 32.1 Å². The summed E-state index contributed by atoms with van der Waals surface area (Å²) in [5.74, 6) is 0.273.